The molecule has 0 aliphatic rings. The molecule has 1 aromatic carbocycles. The van der Waals surface area contributed by atoms with E-state index in [4.69, 9.17) is 0 Å². The van der Waals surface area contributed by atoms with Crippen molar-refractivity contribution >= 4 is 5.69 Å². The highest BCUT2D eigenvalue weighted by molar-refractivity contribution is 5.48. The molecule has 2 rings (SSSR count). The van der Waals surface area contributed by atoms with Crippen LogP contribution in [0.4, 0.5) is 18.9 Å². The molecule has 0 bridgehead atoms. The summed E-state index contributed by atoms with van der Waals surface area (Å²) in [4.78, 5) is 1.50. The third kappa shape index (κ3) is 5.09. The Hall–Kier alpha value is -2.05. The van der Waals surface area contributed by atoms with Crippen LogP contribution in [-0.4, -0.2) is 27.2 Å². The van der Waals surface area contributed by atoms with Crippen LogP contribution in [0.3, 0.4) is 0 Å². The van der Waals surface area contributed by atoms with Crippen molar-refractivity contribution in [3.05, 3.63) is 36.7 Å². The predicted molar refractivity (Wildman–Crippen MR) is 74.3 cm³/mol. The average molecular weight is 298 g/mol. The lowest BCUT2D eigenvalue weighted by atomic mass is 10.1. The second kappa shape index (κ2) is 6.60. The first kappa shape index (κ1) is 15.3. The normalized spacial score (nSPS) is 13.1. The molecular weight excluding hydrogens is 281 g/mol. The molecule has 0 spiro atoms. The van der Waals surface area contributed by atoms with Gasteiger partial charge in [0, 0.05) is 18.2 Å². The molecule has 0 saturated carbocycles. The zero-order chi connectivity index (χ0) is 15.3. The maximum atomic E-state index is 12.1. The minimum atomic E-state index is -4.07. The van der Waals surface area contributed by atoms with Crippen molar-refractivity contribution in [1.82, 2.24) is 15.0 Å². The smallest absolute Gasteiger partial charge is 0.383 e. The van der Waals surface area contributed by atoms with Crippen molar-refractivity contribution < 1.29 is 13.2 Å². The topological polar surface area (TPSA) is 42.7 Å². The maximum Gasteiger partial charge on any atom is 0.389 e. The van der Waals surface area contributed by atoms with E-state index in [0.717, 1.165) is 11.4 Å². The Morgan fingerprint density at radius 2 is 1.76 bits per heavy atom. The van der Waals surface area contributed by atoms with Crippen LogP contribution in [0, 0.1) is 0 Å². The number of benzene rings is 1. The van der Waals surface area contributed by atoms with E-state index in [2.05, 4.69) is 15.5 Å². The van der Waals surface area contributed by atoms with Crippen LogP contribution in [0.15, 0.2) is 36.7 Å². The first-order valence-corrected chi connectivity index (χ1v) is 6.74. The van der Waals surface area contributed by atoms with Crippen molar-refractivity contribution in [2.75, 3.05) is 5.32 Å². The Kier molecular flexibility index (Phi) is 4.82. The lowest BCUT2D eigenvalue weighted by molar-refractivity contribution is -0.135. The van der Waals surface area contributed by atoms with Crippen LogP contribution in [0.25, 0.3) is 5.69 Å². The van der Waals surface area contributed by atoms with Crippen LogP contribution >= 0.6 is 0 Å². The lowest BCUT2D eigenvalue weighted by Crippen LogP contribution is -2.16. The molecular formula is C14H17F3N4. The van der Waals surface area contributed by atoms with Gasteiger partial charge in [-0.25, -0.2) is 0 Å². The van der Waals surface area contributed by atoms with Crippen molar-refractivity contribution in [3.63, 3.8) is 0 Å². The van der Waals surface area contributed by atoms with Crippen molar-refractivity contribution in [2.24, 2.45) is 0 Å². The molecule has 4 nitrogen and oxygen atoms in total. The van der Waals surface area contributed by atoms with E-state index < -0.39 is 12.6 Å². The van der Waals surface area contributed by atoms with Crippen LogP contribution in [0.5, 0.6) is 0 Å². The van der Waals surface area contributed by atoms with E-state index >= 15 is 0 Å². The summed E-state index contributed by atoms with van der Waals surface area (Å²) in [6.07, 6.45) is -1.01. The Balaban J connectivity index is 1.83. The van der Waals surface area contributed by atoms with Crippen LogP contribution in [-0.2, 0) is 0 Å². The SMILES string of the molecule is CC(CCCC(F)(F)F)Nc1ccc(-n2nccn2)cc1. The van der Waals surface area contributed by atoms with E-state index in [1.807, 2.05) is 31.2 Å². The van der Waals surface area contributed by atoms with Gasteiger partial charge in [0.15, 0.2) is 0 Å². The summed E-state index contributed by atoms with van der Waals surface area (Å²) in [5.41, 5.74) is 1.70. The molecule has 1 heterocycles. The molecule has 1 aromatic heterocycles. The fourth-order valence-electron chi connectivity index (χ4n) is 2.01. The highest BCUT2D eigenvalue weighted by atomic mass is 19.4. The fourth-order valence-corrected chi connectivity index (χ4v) is 2.01. The number of nitrogens with one attached hydrogen (secondary N) is 1. The van der Waals surface area contributed by atoms with Gasteiger partial charge >= 0.3 is 6.18 Å². The summed E-state index contributed by atoms with van der Waals surface area (Å²) in [6.45, 7) is 1.87. The summed E-state index contributed by atoms with van der Waals surface area (Å²) in [5, 5.41) is 11.2. The molecule has 114 valence electrons. The number of nitrogens with zero attached hydrogens (tertiary/aromatic N) is 3. The van der Waals surface area contributed by atoms with Gasteiger partial charge in [-0.05, 0) is 44.0 Å². The molecule has 0 radical (unpaired) electrons. The van der Waals surface area contributed by atoms with E-state index in [0.29, 0.717) is 6.42 Å². The first-order valence-electron chi connectivity index (χ1n) is 6.74. The monoisotopic (exact) mass is 298 g/mol. The predicted octanol–water partition coefficient (Wildman–Crippen LogP) is 3.80. The van der Waals surface area contributed by atoms with Crippen molar-refractivity contribution in [2.45, 2.75) is 38.4 Å². The standard InChI is InChI=1S/C14H17F3N4/c1-11(3-2-8-14(15,16)17)20-12-4-6-13(7-5-12)21-18-9-10-19-21/h4-7,9-11,20H,2-3,8H2,1H3. The third-order valence-corrected chi connectivity index (χ3v) is 3.03. The molecule has 0 amide bonds. The van der Waals surface area contributed by atoms with Gasteiger partial charge in [-0.2, -0.15) is 28.2 Å². The van der Waals surface area contributed by atoms with Gasteiger partial charge in [0.1, 0.15) is 0 Å². The second-order valence-corrected chi connectivity index (χ2v) is 4.92. The van der Waals surface area contributed by atoms with E-state index in [-0.39, 0.29) is 12.5 Å². The van der Waals surface area contributed by atoms with Gasteiger partial charge in [0.2, 0.25) is 0 Å². The molecule has 1 N–H and O–H groups in total. The van der Waals surface area contributed by atoms with E-state index in [1.54, 1.807) is 12.4 Å². The molecule has 7 heteroatoms. The third-order valence-electron chi connectivity index (χ3n) is 3.03. The van der Waals surface area contributed by atoms with Crippen LogP contribution in [0.1, 0.15) is 26.2 Å². The van der Waals surface area contributed by atoms with Gasteiger partial charge in [0.25, 0.3) is 0 Å². The average Bonchev–Trinajstić information content (AvgIpc) is 2.92. The largest absolute Gasteiger partial charge is 0.389 e. The minimum Gasteiger partial charge on any atom is -0.383 e. The maximum absolute atomic E-state index is 12.1. The van der Waals surface area contributed by atoms with Crippen molar-refractivity contribution in [1.29, 1.82) is 0 Å². The van der Waals surface area contributed by atoms with E-state index in [1.165, 1.54) is 4.80 Å². The first-order chi connectivity index (χ1) is 9.94. The second-order valence-electron chi connectivity index (χ2n) is 4.92. The molecule has 2 aromatic rings. The number of hydrogen-bond donors (Lipinski definition) is 1. The van der Waals surface area contributed by atoms with Gasteiger partial charge in [-0.3, -0.25) is 0 Å². The quantitative estimate of drug-likeness (QED) is 0.882. The molecule has 1 atom stereocenters. The number of hydrogen-bond acceptors (Lipinski definition) is 3. The summed E-state index contributed by atoms with van der Waals surface area (Å²) in [5.74, 6) is 0. The molecule has 0 aliphatic carbocycles. The Morgan fingerprint density at radius 3 is 2.33 bits per heavy atom. The number of halogens is 3. The molecule has 0 fully saturated rings. The molecule has 1 unspecified atom stereocenters. The van der Waals surface area contributed by atoms with E-state index in [9.17, 15) is 13.2 Å². The zero-order valence-corrected chi connectivity index (χ0v) is 11.6. The minimum absolute atomic E-state index is 0.0129. The van der Waals surface area contributed by atoms with Gasteiger partial charge < -0.3 is 5.32 Å². The van der Waals surface area contributed by atoms with Gasteiger partial charge in [-0.1, -0.05) is 0 Å². The lowest BCUT2D eigenvalue weighted by Gasteiger charge is -2.16. The van der Waals surface area contributed by atoms with Gasteiger partial charge in [0.05, 0.1) is 18.1 Å². The molecule has 0 saturated heterocycles. The Morgan fingerprint density at radius 1 is 1.14 bits per heavy atom. The summed E-state index contributed by atoms with van der Waals surface area (Å²) < 4.78 is 36.2. The summed E-state index contributed by atoms with van der Waals surface area (Å²) >= 11 is 0. The molecule has 0 aliphatic heterocycles. The highest BCUT2D eigenvalue weighted by Crippen LogP contribution is 2.23. The number of alkyl halides is 3. The fraction of sp³-hybridized carbons (Fsp3) is 0.429. The van der Waals surface area contributed by atoms with Crippen molar-refractivity contribution in [3.8, 4) is 5.69 Å². The number of aromatic nitrogens is 3. The number of rotatable bonds is 6. The number of anilines is 1. The molecule has 21 heavy (non-hydrogen) atoms. The Labute approximate surface area is 121 Å². The Bertz CT molecular complexity index is 534. The summed E-state index contributed by atoms with van der Waals surface area (Å²) in [6, 6.07) is 7.41. The van der Waals surface area contributed by atoms with Crippen LogP contribution in [0.2, 0.25) is 0 Å². The summed E-state index contributed by atoms with van der Waals surface area (Å²) in [7, 11) is 0. The highest BCUT2D eigenvalue weighted by Gasteiger charge is 2.26. The van der Waals surface area contributed by atoms with Crippen LogP contribution < -0.4 is 5.32 Å². The zero-order valence-electron chi connectivity index (χ0n) is 11.6. The van der Waals surface area contributed by atoms with Gasteiger partial charge in [-0.15, -0.1) is 0 Å².